The minimum Gasteiger partial charge on any atom is -0.493 e. The predicted molar refractivity (Wildman–Crippen MR) is 116 cm³/mol. The summed E-state index contributed by atoms with van der Waals surface area (Å²) in [5, 5.41) is 7.63. The number of ether oxygens (including phenoxy) is 2. The topological polar surface area (TPSA) is 68.6 Å². The van der Waals surface area contributed by atoms with Crippen LogP contribution in [-0.4, -0.2) is 59.4 Å². The molecule has 3 heterocycles. The first kappa shape index (κ1) is 22.4. The number of alkyl halides is 2. The number of carbonyl (C=O) groups is 1. The minimum atomic E-state index is -2.49. The number of aryl methyl sites for hydroxylation is 1. The van der Waals surface area contributed by atoms with Crippen molar-refractivity contribution in [1.29, 1.82) is 0 Å². The molecule has 1 fully saturated rings. The third kappa shape index (κ3) is 4.52. The smallest absolute Gasteiger partial charge is 0.263 e. The Balaban J connectivity index is 1.43. The van der Waals surface area contributed by atoms with E-state index in [4.69, 9.17) is 9.47 Å². The van der Waals surface area contributed by atoms with E-state index in [0.717, 1.165) is 12.8 Å². The quantitative estimate of drug-likeness (QED) is 0.726. The first-order valence-corrected chi connectivity index (χ1v) is 11.1. The van der Waals surface area contributed by atoms with Crippen molar-refractivity contribution in [3.63, 3.8) is 0 Å². The molecule has 1 amide bonds. The lowest BCUT2D eigenvalue weighted by molar-refractivity contribution is -0.140. The largest absolute Gasteiger partial charge is 0.493 e. The van der Waals surface area contributed by atoms with Crippen LogP contribution in [0.3, 0.4) is 0 Å². The van der Waals surface area contributed by atoms with Gasteiger partial charge in [0.2, 0.25) is 0 Å². The highest BCUT2D eigenvalue weighted by Gasteiger charge is 2.39. The third-order valence-corrected chi connectivity index (χ3v) is 6.35. The number of likely N-dealkylation sites (tertiary alicyclic amines) is 1. The Kier molecular flexibility index (Phi) is 6.53. The monoisotopic (exact) mass is 448 g/mol. The van der Waals surface area contributed by atoms with Gasteiger partial charge in [-0.25, -0.2) is 13.5 Å². The molecule has 0 bridgehead atoms. The second kappa shape index (κ2) is 9.34. The summed E-state index contributed by atoms with van der Waals surface area (Å²) in [5.41, 5.74) is 0.710. The number of aromatic nitrogens is 2. The zero-order valence-corrected chi connectivity index (χ0v) is 18.6. The van der Waals surface area contributed by atoms with Crippen molar-refractivity contribution < 1.29 is 23.0 Å². The Morgan fingerprint density at radius 1 is 1.28 bits per heavy atom. The van der Waals surface area contributed by atoms with E-state index in [9.17, 15) is 13.6 Å². The summed E-state index contributed by atoms with van der Waals surface area (Å²) in [6, 6.07) is 7.92. The summed E-state index contributed by atoms with van der Waals surface area (Å²) in [6.07, 6.45) is -1.18. The maximum absolute atomic E-state index is 13.7. The molecule has 9 heteroatoms. The van der Waals surface area contributed by atoms with Gasteiger partial charge in [-0.3, -0.25) is 4.79 Å². The fourth-order valence-corrected chi connectivity index (χ4v) is 4.76. The minimum absolute atomic E-state index is 0.0800. The van der Waals surface area contributed by atoms with Crippen LogP contribution in [-0.2, 0) is 4.79 Å². The number of nitrogens with zero attached hydrogens (tertiary/aromatic N) is 3. The number of methoxy groups -OCH3 is 1. The number of amides is 1. The lowest BCUT2D eigenvalue weighted by Crippen LogP contribution is -2.50. The number of rotatable bonds is 6. The van der Waals surface area contributed by atoms with E-state index in [1.165, 1.54) is 4.68 Å². The summed E-state index contributed by atoms with van der Waals surface area (Å²) in [5.74, 6) is 1.68. The van der Waals surface area contributed by atoms with Crippen LogP contribution in [0.25, 0.3) is 0 Å². The van der Waals surface area contributed by atoms with Gasteiger partial charge in [0, 0.05) is 25.2 Å². The Morgan fingerprint density at radius 3 is 2.75 bits per heavy atom. The summed E-state index contributed by atoms with van der Waals surface area (Å²) in [7, 11) is 1.56. The van der Waals surface area contributed by atoms with Gasteiger partial charge in [-0.1, -0.05) is 12.1 Å². The van der Waals surface area contributed by atoms with Crippen molar-refractivity contribution in [2.24, 2.45) is 5.92 Å². The maximum atomic E-state index is 13.7. The highest BCUT2D eigenvalue weighted by atomic mass is 19.3. The average Bonchev–Trinajstić information content (AvgIpc) is 3.18. The van der Waals surface area contributed by atoms with Gasteiger partial charge in [0.15, 0.2) is 17.6 Å². The van der Waals surface area contributed by atoms with Gasteiger partial charge in [-0.2, -0.15) is 5.10 Å². The van der Waals surface area contributed by atoms with Gasteiger partial charge >= 0.3 is 0 Å². The molecule has 0 spiro atoms. The van der Waals surface area contributed by atoms with E-state index in [1.54, 1.807) is 44.1 Å². The summed E-state index contributed by atoms with van der Waals surface area (Å²) < 4.78 is 40.1. The van der Waals surface area contributed by atoms with Crippen LogP contribution in [0.2, 0.25) is 0 Å². The van der Waals surface area contributed by atoms with Crippen LogP contribution in [0.4, 0.5) is 14.6 Å². The zero-order chi connectivity index (χ0) is 22.8. The van der Waals surface area contributed by atoms with Crippen LogP contribution >= 0.6 is 0 Å². The maximum Gasteiger partial charge on any atom is 0.263 e. The third-order valence-electron chi connectivity index (χ3n) is 6.35. The highest BCUT2D eigenvalue weighted by molar-refractivity contribution is 5.81. The number of fused-ring (bicyclic) bond motifs is 1. The van der Waals surface area contributed by atoms with Gasteiger partial charge in [0.05, 0.1) is 12.8 Å². The number of hydrogen-bond donors (Lipinski definition) is 1. The van der Waals surface area contributed by atoms with Gasteiger partial charge in [0.1, 0.15) is 11.9 Å². The second-order valence-electron chi connectivity index (χ2n) is 8.60. The molecule has 7 nitrogen and oxygen atoms in total. The van der Waals surface area contributed by atoms with Gasteiger partial charge in [-0.05, 0) is 51.2 Å². The lowest BCUT2D eigenvalue weighted by Gasteiger charge is -2.41. The molecule has 174 valence electrons. The second-order valence-corrected chi connectivity index (χ2v) is 8.60. The van der Waals surface area contributed by atoms with E-state index in [2.05, 4.69) is 10.4 Å². The lowest BCUT2D eigenvalue weighted by atomic mass is 9.86. The fraction of sp³-hybridized carbons (Fsp3) is 0.565. The molecule has 0 radical (unpaired) electrons. The number of piperidine rings is 1. The predicted octanol–water partition coefficient (Wildman–Crippen LogP) is 3.90. The van der Waals surface area contributed by atoms with Crippen molar-refractivity contribution in [3.8, 4) is 11.5 Å². The zero-order valence-electron chi connectivity index (χ0n) is 18.6. The van der Waals surface area contributed by atoms with Gasteiger partial charge in [-0.15, -0.1) is 0 Å². The molecule has 4 atom stereocenters. The van der Waals surface area contributed by atoms with Crippen LogP contribution in [0, 0.1) is 12.8 Å². The molecule has 2 aromatic rings. The molecule has 1 aromatic carbocycles. The summed E-state index contributed by atoms with van der Waals surface area (Å²) in [4.78, 5) is 14.9. The Hall–Kier alpha value is -2.84. The number of hydrogen-bond acceptors (Lipinski definition) is 5. The van der Waals surface area contributed by atoms with E-state index in [-0.39, 0.29) is 24.3 Å². The summed E-state index contributed by atoms with van der Waals surface area (Å²) >= 11 is 0. The van der Waals surface area contributed by atoms with E-state index in [1.807, 2.05) is 12.1 Å². The molecule has 1 saturated heterocycles. The molecule has 1 aromatic heterocycles. The molecule has 1 N–H and O–H groups in total. The molecule has 32 heavy (non-hydrogen) atoms. The first-order valence-electron chi connectivity index (χ1n) is 11.1. The van der Waals surface area contributed by atoms with Gasteiger partial charge < -0.3 is 19.7 Å². The van der Waals surface area contributed by atoms with Crippen LogP contribution in [0.15, 0.2) is 30.3 Å². The molecule has 2 aliphatic rings. The molecule has 2 unspecified atom stereocenters. The average molecular weight is 449 g/mol. The Bertz CT molecular complexity index is 951. The standard InChI is InChI=1S/C23H30F2N4O3/c1-14-11-21-26-17(12-18(22(24)25)29(21)27-14)16-7-6-10-28(13-16)23(30)15(2)32-20-9-5-4-8-19(20)31-3/h4-5,8-9,11,15-18,22,26H,6-7,10,12-13H2,1-3H3/t15?,16?,17-,18+/m0/s1. The number of benzene rings is 1. The molecule has 4 rings (SSSR count). The van der Waals surface area contributed by atoms with Crippen LogP contribution < -0.4 is 14.8 Å². The summed E-state index contributed by atoms with van der Waals surface area (Å²) in [6.45, 7) is 4.68. The molecule has 0 aliphatic carbocycles. The van der Waals surface area contributed by atoms with Crippen molar-refractivity contribution >= 4 is 11.7 Å². The molecule has 0 saturated carbocycles. The fourth-order valence-electron chi connectivity index (χ4n) is 4.76. The van der Waals surface area contributed by atoms with Crippen molar-refractivity contribution in [1.82, 2.24) is 14.7 Å². The number of anilines is 1. The van der Waals surface area contributed by atoms with Crippen molar-refractivity contribution in [3.05, 3.63) is 36.0 Å². The van der Waals surface area contributed by atoms with Crippen molar-refractivity contribution in [2.75, 3.05) is 25.5 Å². The number of halogens is 2. The number of carbonyl (C=O) groups excluding carboxylic acids is 1. The van der Waals surface area contributed by atoms with Crippen LogP contribution in [0.1, 0.15) is 37.9 Å². The molecular weight excluding hydrogens is 418 g/mol. The van der Waals surface area contributed by atoms with E-state index in [0.29, 0.717) is 36.1 Å². The molecule has 2 aliphatic heterocycles. The number of nitrogens with one attached hydrogen (secondary N) is 1. The SMILES string of the molecule is COc1ccccc1OC(C)C(=O)N1CCCC([C@@H]2C[C@H](C(F)F)n3nc(C)cc3N2)C1. The van der Waals surface area contributed by atoms with E-state index < -0.39 is 18.6 Å². The number of para-hydroxylation sites is 2. The molecular formula is C23H30F2N4O3. The van der Waals surface area contributed by atoms with E-state index >= 15 is 0 Å². The van der Waals surface area contributed by atoms with Crippen LogP contribution in [0.5, 0.6) is 11.5 Å². The first-order chi connectivity index (χ1) is 15.4. The Labute approximate surface area is 186 Å². The Morgan fingerprint density at radius 2 is 2.03 bits per heavy atom. The van der Waals surface area contributed by atoms with Crippen molar-refractivity contribution in [2.45, 2.75) is 57.7 Å². The highest BCUT2D eigenvalue weighted by Crippen LogP contribution is 2.36. The normalized spacial score (nSPS) is 23.9. The van der Waals surface area contributed by atoms with Gasteiger partial charge in [0.25, 0.3) is 12.3 Å².